The summed E-state index contributed by atoms with van der Waals surface area (Å²) < 4.78 is 29.4. The second-order valence-electron chi connectivity index (χ2n) is 7.32. The van der Waals surface area contributed by atoms with Gasteiger partial charge in [-0.2, -0.15) is 0 Å². The molecule has 158 valence electrons. The van der Waals surface area contributed by atoms with Crippen LogP contribution in [0.4, 0.5) is 11.6 Å². The van der Waals surface area contributed by atoms with Crippen molar-refractivity contribution >= 4 is 48.5 Å². The predicted molar refractivity (Wildman–Crippen MR) is 122 cm³/mol. The Morgan fingerprint density at radius 3 is 2.73 bits per heavy atom. The van der Waals surface area contributed by atoms with Crippen LogP contribution in [-0.2, 0) is 10.0 Å². The third-order valence-electron chi connectivity index (χ3n) is 5.11. The van der Waals surface area contributed by atoms with Gasteiger partial charge in [-0.3, -0.25) is 0 Å². The quantitative estimate of drug-likeness (QED) is 0.466. The number of hydrogen-bond donors (Lipinski definition) is 2. The number of aromatic nitrogens is 2. The van der Waals surface area contributed by atoms with Crippen LogP contribution in [-0.4, -0.2) is 49.5 Å². The molecule has 7 nitrogen and oxygen atoms in total. The van der Waals surface area contributed by atoms with Gasteiger partial charge in [0.05, 0.1) is 11.2 Å². The lowest BCUT2D eigenvalue weighted by atomic mass is 10.2. The van der Waals surface area contributed by atoms with Gasteiger partial charge >= 0.3 is 0 Å². The summed E-state index contributed by atoms with van der Waals surface area (Å²) in [4.78, 5) is 11.4. The predicted octanol–water partition coefficient (Wildman–Crippen LogP) is 3.90. The van der Waals surface area contributed by atoms with Crippen molar-refractivity contribution in [3.05, 3.63) is 53.1 Å². The zero-order chi connectivity index (χ0) is 21.0. The highest BCUT2D eigenvalue weighted by atomic mass is 79.9. The van der Waals surface area contributed by atoms with Crippen LogP contribution in [0.3, 0.4) is 0 Å². The fourth-order valence-corrected chi connectivity index (χ4v) is 5.16. The van der Waals surface area contributed by atoms with Crippen LogP contribution in [0, 0.1) is 0 Å². The molecule has 1 fully saturated rings. The molecule has 1 aromatic heterocycles. The highest BCUT2D eigenvalue weighted by molar-refractivity contribution is 9.10. The molecule has 4 rings (SSSR count). The van der Waals surface area contributed by atoms with E-state index in [4.69, 9.17) is 0 Å². The van der Waals surface area contributed by atoms with E-state index in [9.17, 15) is 8.42 Å². The normalized spacial score (nSPS) is 15.0. The molecule has 0 amide bonds. The zero-order valence-electron chi connectivity index (χ0n) is 16.5. The topological polar surface area (TPSA) is 87.2 Å². The number of nitrogens with zero attached hydrogens (tertiary/aromatic N) is 3. The van der Waals surface area contributed by atoms with Gasteiger partial charge in [-0.1, -0.05) is 34.1 Å². The second kappa shape index (κ2) is 9.38. The van der Waals surface area contributed by atoms with E-state index in [-0.39, 0.29) is 4.90 Å². The number of rotatable bonds is 8. The fourth-order valence-electron chi connectivity index (χ4n) is 3.57. The van der Waals surface area contributed by atoms with E-state index in [0.717, 1.165) is 41.4 Å². The molecule has 2 aromatic carbocycles. The maximum absolute atomic E-state index is 12.9. The Morgan fingerprint density at radius 1 is 1.10 bits per heavy atom. The van der Waals surface area contributed by atoms with Gasteiger partial charge in [-0.15, -0.1) is 0 Å². The minimum absolute atomic E-state index is 0.184. The van der Waals surface area contributed by atoms with Gasteiger partial charge < -0.3 is 10.2 Å². The number of benzene rings is 2. The largest absolute Gasteiger partial charge is 0.323 e. The van der Waals surface area contributed by atoms with Crippen molar-refractivity contribution in [1.29, 1.82) is 0 Å². The monoisotopic (exact) mass is 489 g/mol. The van der Waals surface area contributed by atoms with Crippen molar-refractivity contribution in [2.75, 3.05) is 31.5 Å². The van der Waals surface area contributed by atoms with Crippen molar-refractivity contribution < 1.29 is 8.42 Å². The van der Waals surface area contributed by atoms with E-state index in [1.54, 1.807) is 30.5 Å². The van der Waals surface area contributed by atoms with Crippen LogP contribution in [0.1, 0.15) is 19.3 Å². The van der Waals surface area contributed by atoms with Gasteiger partial charge in [0.2, 0.25) is 16.0 Å². The third kappa shape index (κ3) is 5.15. The summed E-state index contributed by atoms with van der Waals surface area (Å²) in [5.41, 5.74) is 1.21. The van der Waals surface area contributed by atoms with Crippen LogP contribution in [0.15, 0.2) is 58.0 Å². The van der Waals surface area contributed by atoms with E-state index < -0.39 is 10.0 Å². The van der Waals surface area contributed by atoms with Crippen molar-refractivity contribution in [1.82, 2.24) is 19.6 Å². The molecule has 2 heterocycles. The van der Waals surface area contributed by atoms with Crippen molar-refractivity contribution in [3.63, 3.8) is 0 Å². The Hall–Kier alpha value is -2.07. The number of sulfonamides is 1. The number of hydrogen-bond acceptors (Lipinski definition) is 6. The number of para-hydroxylation sites is 1. The molecule has 2 N–H and O–H groups in total. The SMILES string of the molecule is O=S(=O)(NCCCN1CCCC1)c1ccccc1Nc1ncc2ccc(Br)cc2n1. The van der Waals surface area contributed by atoms with Crippen LogP contribution in [0.5, 0.6) is 0 Å². The van der Waals surface area contributed by atoms with Crippen LogP contribution >= 0.6 is 15.9 Å². The van der Waals surface area contributed by atoms with Crippen LogP contribution < -0.4 is 10.0 Å². The van der Waals surface area contributed by atoms with E-state index in [0.29, 0.717) is 18.2 Å². The zero-order valence-corrected chi connectivity index (χ0v) is 18.9. The van der Waals surface area contributed by atoms with E-state index in [1.165, 1.54) is 12.8 Å². The first kappa shape index (κ1) is 21.2. The average Bonchev–Trinajstić information content (AvgIpc) is 3.25. The number of fused-ring (bicyclic) bond motifs is 1. The lowest BCUT2D eigenvalue weighted by Gasteiger charge is -2.15. The smallest absolute Gasteiger partial charge is 0.242 e. The standard InChI is InChI=1S/C21H24BrN5O2S/c22-17-9-8-16-15-23-21(26-19(16)14-17)25-18-6-1-2-7-20(18)30(28,29)24-10-5-13-27-11-3-4-12-27/h1-2,6-9,14-15,24H,3-5,10-13H2,(H,23,25,26). The molecule has 0 bridgehead atoms. The molecular formula is C21H24BrN5O2S. The molecule has 30 heavy (non-hydrogen) atoms. The Morgan fingerprint density at radius 2 is 1.90 bits per heavy atom. The van der Waals surface area contributed by atoms with Crippen molar-refractivity contribution in [2.24, 2.45) is 0 Å². The molecule has 3 aromatic rings. The molecule has 1 aliphatic rings. The lowest BCUT2D eigenvalue weighted by Crippen LogP contribution is -2.29. The Balaban J connectivity index is 1.47. The second-order valence-corrected chi connectivity index (χ2v) is 9.97. The van der Waals surface area contributed by atoms with Gasteiger partial charge in [-0.25, -0.2) is 23.1 Å². The number of halogens is 1. The van der Waals surface area contributed by atoms with Crippen LogP contribution in [0.25, 0.3) is 10.9 Å². The summed E-state index contributed by atoms with van der Waals surface area (Å²) in [7, 11) is -3.65. The van der Waals surface area contributed by atoms with Gasteiger partial charge in [0.1, 0.15) is 4.90 Å². The van der Waals surface area contributed by atoms with E-state index in [2.05, 4.69) is 40.8 Å². The van der Waals surface area contributed by atoms with Gasteiger partial charge in [0, 0.05) is 22.6 Å². The molecule has 0 atom stereocenters. The molecule has 1 saturated heterocycles. The number of anilines is 2. The fraction of sp³-hybridized carbons (Fsp3) is 0.333. The summed E-state index contributed by atoms with van der Waals surface area (Å²) in [6.45, 7) is 3.56. The molecule has 0 unspecified atom stereocenters. The maximum atomic E-state index is 12.9. The maximum Gasteiger partial charge on any atom is 0.242 e. The number of nitrogens with one attached hydrogen (secondary N) is 2. The summed E-state index contributed by atoms with van der Waals surface area (Å²) in [5.74, 6) is 0.345. The van der Waals surface area contributed by atoms with E-state index >= 15 is 0 Å². The summed E-state index contributed by atoms with van der Waals surface area (Å²) in [5, 5.41) is 3.97. The summed E-state index contributed by atoms with van der Waals surface area (Å²) >= 11 is 3.44. The summed E-state index contributed by atoms with van der Waals surface area (Å²) in [6.07, 6.45) is 4.97. The minimum atomic E-state index is -3.65. The van der Waals surface area contributed by atoms with Crippen molar-refractivity contribution in [2.45, 2.75) is 24.2 Å². The highest BCUT2D eigenvalue weighted by Crippen LogP contribution is 2.25. The molecule has 0 spiro atoms. The highest BCUT2D eigenvalue weighted by Gasteiger charge is 2.19. The molecule has 0 radical (unpaired) electrons. The van der Waals surface area contributed by atoms with Crippen molar-refractivity contribution in [3.8, 4) is 0 Å². The molecule has 0 aliphatic carbocycles. The first-order valence-electron chi connectivity index (χ1n) is 10.0. The van der Waals surface area contributed by atoms with Crippen LogP contribution in [0.2, 0.25) is 0 Å². The Kier molecular flexibility index (Phi) is 6.62. The minimum Gasteiger partial charge on any atom is -0.323 e. The first-order chi connectivity index (χ1) is 14.5. The lowest BCUT2D eigenvalue weighted by molar-refractivity contribution is 0.334. The molecular weight excluding hydrogens is 466 g/mol. The Labute approximate surface area is 185 Å². The van der Waals surface area contributed by atoms with Gasteiger partial charge in [-0.05, 0) is 63.2 Å². The Bertz CT molecular complexity index is 1130. The van der Waals surface area contributed by atoms with E-state index in [1.807, 2.05) is 18.2 Å². The average molecular weight is 490 g/mol. The summed E-state index contributed by atoms with van der Waals surface area (Å²) in [6, 6.07) is 12.5. The first-order valence-corrected chi connectivity index (χ1v) is 12.3. The molecule has 0 saturated carbocycles. The van der Waals surface area contributed by atoms with Gasteiger partial charge in [0.15, 0.2) is 0 Å². The van der Waals surface area contributed by atoms with Gasteiger partial charge in [0.25, 0.3) is 0 Å². The molecule has 1 aliphatic heterocycles. The third-order valence-corrected chi connectivity index (χ3v) is 7.12. The molecule has 9 heteroatoms. The number of likely N-dealkylation sites (tertiary alicyclic amines) is 1.